The van der Waals surface area contributed by atoms with Crippen LogP contribution in [0.1, 0.15) is 29.8 Å². The highest BCUT2D eigenvalue weighted by molar-refractivity contribution is 6.29. The number of hydrogen-bond donors (Lipinski definition) is 2. The number of fused-ring (bicyclic) bond motifs is 3. The van der Waals surface area contributed by atoms with Crippen molar-refractivity contribution in [2.75, 3.05) is 5.32 Å². The second-order valence-electron chi connectivity index (χ2n) is 8.07. The molecule has 11 heteroatoms. The van der Waals surface area contributed by atoms with Gasteiger partial charge in [0.05, 0.1) is 11.7 Å². The molecule has 1 saturated carbocycles. The van der Waals surface area contributed by atoms with Crippen molar-refractivity contribution in [1.82, 2.24) is 24.6 Å². The number of hydrogen-bond acceptors (Lipinski definition) is 6. The van der Waals surface area contributed by atoms with E-state index in [0.29, 0.717) is 16.7 Å². The molecule has 3 aromatic rings. The molecule has 0 spiro atoms. The molecule has 5 rings (SSSR count). The Bertz CT molecular complexity index is 1240. The lowest BCUT2D eigenvalue weighted by Gasteiger charge is -2.34. The first kappa shape index (κ1) is 20.4. The summed E-state index contributed by atoms with van der Waals surface area (Å²) in [5.74, 6) is -0.794. The van der Waals surface area contributed by atoms with Crippen LogP contribution in [0, 0.1) is 5.92 Å². The minimum absolute atomic E-state index is 0.00821. The molecule has 2 aliphatic rings. The topological polar surface area (TPSA) is 136 Å². The standard InChI is InChI=1S/C21H20ClN7O3/c22-15-2-1-3-16(25-15)26-21(32)19-11-4-5-12(8-11)29(19)17(30)10-28-14-9-24-7-6-13(14)18(27-28)20(23)31/h1-3,6-7,9,11-12,19H,4-5,8,10H2,(H2,23,31)(H,25,26,32)/t11-,12+,19-/m0/s1. The van der Waals surface area contributed by atoms with Crippen molar-refractivity contribution < 1.29 is 14.4 Å². The second kappa shape index (κ2) is 7.86. The third-order valence-electron chi connectivity index (χ3n) is 6.18. The molecule has 2 bridgehead atoms. The lowest BCUT2D eigenvalue weighted by atomic mass is 9.97. The van der Waals surface area contributed by atoms with Crippen molar-refractivity contribution in [2.24, 2.45) is 11.7 Å². The van der Waals surface area contributed by atoms with E-state index in [9.17, 15) is 14.4 Å². The molecule has 1 aliphatic carbocycles. The molecule has 0 unspecified atom stereocenters. The van der Waals surface area contributed by atoms with E-state index in [1.54, 1.807) is 29.2 Å². The Morgan fingerprint density at radius 3 is 2.84 bits per heavy atom. The van der Waals surface area contributed by atoms with Gasteiger partial charge in [0.1, 0.15) is 23.6 Å². The molecule has 32 heavy (non-hydrogen) atoms. The molecule has 4 heterocycles. The average molecular weight is 454 g/mol. The zero-order chi connectivity index (χ0) is 22.4. The number of nitrogens with two attached hydrogens (primary N) is 1. The zero-order valence-corrected chi connectivity index (χ0v) is 17.7. The van der Waals surface area contributed by atoms with Crippen LogP contribution in [0.15, 0.2) is 36.7 Å². The van der Waals surface area contributed by atoms with Gasteiger partial charge in [-0.2, -0.15) is 5.10 Å². The number of rotatable bonds is 5. The number of aromatic nitrogens is 4. The lowest BCUT2D eigenvalue weighted by Crippen LogP contribution is -2.52. The van der Waals surface area contributed by atoms with Crippen molar-refractivity contribution >= 4 is 46.0 Å². The van der Waals surface area contributed by atoms with Crippen molar-refractivity contribution in [3.05, 3.63) is 47.5 Å². The van der Waals surface area contributed by atoms with Crippen LogP contribution in [0.25, 0.3) is 10.9 Å². The summed E-state index contributed by atoms with van der Waals surface area (Å²) in [6.45, 7) is -0.127. The third kappa shape index (κ3) is 3.46. The summed E-state index contributed by atoms with van der Waals surface area (Å²) in [6, 6.07) is 5.99. The molecule has 3 atom stereocenters. The summed E-state index contributed by atoms with van der Waals surface area (Å²) < 4.78 is 1.42. The molecule has 164 valence electrons. The van der Waals surface area contributed by atoms with E-state index in [4.69, 9.17) is 17.3 Å². The molecular formula is C21H20ClN7O3. The highest BCUT2D eigenvalue weighted by Crippen LogP contribution is 2.43. The molecule has 1 aliphatic heterocycles. The SMILES string of the molecule is NC(=O)c1nn(CC(=O)N2[C@@H]3CC[C@@H](C3)[C@H]2C(=O)Nc2cccc(Cl)n2)c2cnccc12. The summed E-state index contributed by atoms with van der Waals surface area (Å²) in [4.78, 5) is 48.1. The van der Waals surface area contributed by atoms with Gasteiger partial charge in [0.2, 0.25) is 11.8 Å². The van der Waals surface area contributed by atoms with Gasteiger partial charge in [0, 0.05) is 17.6 Å². The largest absolute Gasteiger partial charge is 0.364 e. The van der Waals surface area contributed by atoms with Crippen LogP contribution in [0.4, 0.5) is 5.82 Å². The van der Waals surface area contributed by atoms with E-state index in [1.165, 1.54) is 17.1 Å². The van der Waals surface area contributed by atoms with Crippen LogP contribution in [-0.4, -0.2) is 54.5 Å². The van der Waals surface area contributed by atoms with Crippen LogP contribution < -0.4 is 11.1 Å². The van der Waals surface area contributed by atoms with Gasteiger partial charge in [-0.05, 0) is 43.4 Å². The maximum atomic E-state index is 13.4. The fraction of sp³-hybridized carbons (Fsp3) is 0.333. The summed E-state index contributed by atoms with van der Waals surface area (Å²) >= 11 is 5.92. The van der Waals surface area contributed by atoms with Crippen molar-refractivity contribution in [1.29, 1.82) is 0 Å². The van der Waals surface area contributed by atoms with Gasteiger partial charge in [0.25, 0.3) is 5.91 Å². The highest BCUT2D eigenvalue weighted by Gasteiger charge is 2.51. The molecule has 3 N–H and O–H groups in total. The van der Waals surface area contributed by atoms with Crippen molar-refractivity contribution in [3.8, 4) is 0 Å². The molecule has 2 fully saturated rings. The summed E-state index contributed by atoms with van der Waals surface area (Å²) in [7, 11) is 0. The average Bonchev–Trinajstić information content (AvgIpc) is 3.47. The summed E-state index contributed by atoms with van der Waals surface area (Å²) in [5.41, 5.74) is 6.06. The van der Waals surface area contributed by atoms with Gasteiger partial charge in [-0.1, -0.05) is 17.7 Å². The van der Waals surface area contributed by atoms with E-state index in [2.05, 4.69) is 20.4 Å². The molecule has 0 radical (unpaired) electrons. The summed E-state index contributed by atoms with van der Waals surface area (Å²) in [5, 5.41) is 7.83. The second-order valence-corrected chi connectivity index (χ2v) is 8.46. The minimum Gasteiger partial charge on any atom is -0.364 e. The number of piperidine rings is 1. The number of anilines is 1. The van der Waals surface area contributed by atoms with E-state index in [0.717, 1.165) is 19.3 Å². The Kier molecular flexibility index (Phi) is 5.01. The van der Waals surface area contributed by atoms with Crippen molar-refractivity contribution in [3.63, 3.8) is 0 Å². The highest BCUT2D eigenvalue weighted by atomic mass is 35.5. The predicted octanol–water partition coefficient (Wildman–Crippen LogP) is 1.60. The third-order valence-corrected chi connectivity index (χ3v) is 6.39. The summed E-state index contributed by atoms with van der Waals surface area (Å²) in [6.07, 6.45) is 5.58. The number of nitrogens with one attached hydrogen (secondary N) is 1. The first-order valence-corrected chi connectivity index (χ1v) is 10.6. The Labute approximate surface area is 187 Å². The normalized spacial score (nSPS) is 21.8. The van der Waals surface area contributed by atoms with E-state index >= 15 is 0 Å². The number of pyridine rings is 2. The Hall–Kier alpha value is -3.53. The van der Waals surface area contributed by atoms with E-state index in [1.807, 2.05) is 0 Å². The fourth-order valence-electron chi connectivity index (χ4n) is 4.90. The van der Waals surface area contributed by atoms with Gasteiger partial charge in [0.15, 0.2) is 5.69 Å². The van der Waals surface area contributed by atoms with Crippen LogP contribution in [0.2, 0.25) is 5.15 Å². The Morgan fingerprint density at radius 1 is 1.22 bits per heavy atom. The number of likely N-dealkylation sites (tertiary alicyclic amines) is 1. The lowest BCUT2D eigenvalue weighted by molar-refractivity contribution is -0.141. The molecule has 0 aromatic carbocycles. The number of amides is 3. The van der Waals surface area contributed by atoms with Crippen LogP contribution in [-0.2, 0) is 16.1 Å². The van der Waals surface area contributed by atoms with Crippen LogP contribution >= 0.6 is 11.6 Å². The van der Waals surface area contributed by atoms with E-state index < -0.39 is 11.9 Å². The van der Waals surface area contributed by atoms with Crippen LogP contribution in [0.3, 0.4) is 0 Å². The maximum absolute atomic E-state index is 13.4. The number of primary amides is 1. The Balaban J connectivity index is 1.41. The maximum Gasteiger partial charge on any atom is 0.269 e. The van der Waals surface area contributed by atoms with Gasteiger partial charge in [-0.15, -0.1) is 0 Å². The molecule has 1 saturated heterocycles. The van der Waals surface area contributed by atoms with Gasteiger partial charge in [-0.3, -0.25) is 24.0 Å². The first-order valence-electron chi connectivity index (χ1n) is 10.3. The first-order chi connectivity index (χ1) is 15.4. The predicted molar refractivity (Wildman–Crippen MR) is 116 cm³/mol. The van der Waals surface area contributed by atoms with Gasteiger partial charge in [-0.25, -0.2) is 4.98 Å². The number of carbonyl (C=O) groups is 3. The van der Waals surface area contributed by atoms with E-state index in [-0.39, 0.29) is 41.2 Å². The molecule has 3 amide bonds. The number of carbonyl (C=O) groups excluding carboxylic acids is 3. The smallest absolute Gasteiger partial charge is 0.269 e. The fourth-order valence-corrected chi connectivity index (χ4v) is 5.06. The van der Waals surface area contributed by atoms with Crippen LogP contribution in [0.5, 0.6) is 0 Å². The minimum atomic E-state index is -0.682. The quantitative estimate of drug-likeness (QED) is 0.563. The molecular weight excluding hydrogens is 434 g/mol. The van der Waals surface area contributed by atoms with Crippen molar-refractivity contribution in [2.45, 2.75) is 37.9 Å². The number of nitrogens with zero attached hydrogens (tertiary/aromatic N) is 5. The van der Waals surface area contributed by atoms with Gasteiger partial charge >= 0.3 is 0 Å². The molecule has 3 aromatic heterocycles. The monoisotopic (exact) mass is 453 g/mol. The zero-order valence-electron chi connectivity index (χ0n) is 16.9. The Morgan fingerprint density at radius 2 is 2.06 bits per heavy atom. The number of halogens is 1. The molecule has 10 nitrogen and oxygen atoms in total. The van der Waals surface area contributed by atoms with Gasteiger partial charge < -0.3 is 16.0 Å².